The first-order chi connectivity index (χ1) is 17.5. The number of carbonyl (C=O) groups is 1. The van der Waals surface area contributed by atoms with Gasteiger partial charge in [-0.05, 0) is 41.8 Å². The summed E-state index contributed by atoms with van der Waals surface area (Å²) in [4.78, 5) is 39.7. The Morgan fingerprint density at radius 2 is 1.61 bits per heavy atom. The van der Waals surface area contributed by atoms with Crippen LogP contribution in [0.25, 0.3) is 22.1 Å². The topological polar surface area (TPSA) is 95.5 Å². The molecular formula is C28H25N3O5. The number of amides is 1. The molecule has 0 bridgehead atoms. The Kier molecular flexibility index (Phi) is 6.40. The smallest absolute Gasteiger partial charge is 0.332 e. The zero-order valence-corrected chi connectivity index (χ0v) is 19.8. The van der Waals surface area contributed by atoms with E-state index >= 15 is 0 Å². The summed E-state index contributed by atoms with van der Waals surface area (Å²) in [5.41, 5.74) is 1.72. The molecule has 0 saturated heterocycles. The Hall–Kier alpha value is -4.59. The lowest BCUT2D eigenvalue weighted by Crippen LogP contribution is -2.42. The SMILES string of the molecule is COc1ccc(CNC(=O)Cn2c(=O)n(CCc3ccccc3)c(=O)c3oc4ccccc4c32)cc1. The molecule has 0 saturated carbocycles. The van der Waals surface area contributed by atoms with Crippen molar-refractivity contribution in [3.8, 4) is 5.75 Å². The molecule has 0 atom stereocenters. The largest absolute Gasteiger partial charge is 0.497 e. The van der Waals surface area contributed by atoms with Crippen molar-refractivity contribution in [3.63, 3.8) is 0 Å². The van der Waals surface area contributed by atoms with Crippen LogP contribution in [0.5, 0.6) is 5.75 Å². The second kappa shape index (κ2) is 9.95. The lowest BCUT2D eigenvalue weighted by molar-refractivity contribution is -0.121. The first-order valence-electron chi connectivity index (χ1n) is 11.6. The number of furan rings is 1. The Bertz CT molecular complexity index is 1650. The lowest BCUT2D eigenvalue weighted by atomic mass is 10.1. The van der Waals surface area contributed by atoms with E-state index in [0.717, 1.165) is 21.4 Å². The van der Waals surface area contributed by atoms with Crippen LogP contribution >= 0.6 is 0 Å². The first-order valence-corrected chi connectivity index (χ1v) is 11.6. The van der Waals surface area contributed by atoms with Crippen molar-refractivity contribution >= 4 is 28.0 Å². The zero-order valence-electron chi connectivity index (χ0n) is 19.8. The Balaban J connectivity index is 1.49. The van der Waals surface area contributed by atoms with Crippen LogP contribution in [0.2, 0.25) is 0 Å². The predicted octanol–water partition coefficient (Wildman–Crippen LogP) is 3.48. The Morgan fingerprint density at radius 3 is 2.36 bits per heavy atom. The van der Waals surface area contributed by atoms with E-state index in [1.165, 1.54) is 4.57 Å². The maximum absolute atomic E-state index is 13.5. The molecule has 8 heteroatoms. The molecule has 182 valence electrons. The number of nitrogens with one attached hydrogen (secondary N) is 1. The van der Waals surface area contributed by atoms with Crippen molar-refractivity contribution in [1.29, 1.82) is 0 Å². The molecule has 1 N–H and O–H groups in total. The van der Waals surface area contributed by atoms with E-state index in [1.807, 2.05) is 54.6 Å². The van der Waals surface area contributed by atoms with Crippen molar-refractivity contribution in [1.82, 2.24) is 14.5 Å². The van der Waals surface area contributed by atoms with E-state index in [1.54, 1.807) is 31.4 Å². The highest BCUT2D eigenvalue weighted by atomic mass is 16.5. The van der Waals surface area contributed by atoms with Crippen LogP contribution < -0.4 is 21.3 Å². The molecule has 5 aromatic rings. The molecule has 2 heterocycles. The van der Waals surface area contributed by atoms with Gasteiger partial charge >= 0.3 is 5.69 Å². The number of aryl methyl sites for hydroxylation is 1. The Labute approximate surface area is 206 Å². The van der Waals surface area contributed by atoms with Gasteiger partial charge in [-0.3, -0.25) is 18.7 Å². The van der Waals surface area contributed by atoms with E-state index in [4.69, 9.17) is 9.15 Å². The number of nitrogens with zero attached hydrogens (tertiary/aromatic N) is 2. The third-order valence-electron chi connectivity index (χ3n) is 6.16. The molecule has 0 unspecified atom stereocenters. The van der Waals surface area contributed by atoms with Crippen LogP contribution in [0.1, 0.15) is 11.1 Å². The van der Waals surface area contributed by atoms with Crippen molar-refractivity contribution in [3.05, 3.63) is 111 Å². The van der Waals surface area contributed by atoms with Gasteiger partial charge in [-0.1, -0.05) is 54.6 Å². The van der Waals surface area contributed by atoms with Crippen LogP contribution in [-0.4, -0.2) is 22.2 Å². The summed E-state index contributed by atoms with van der Waals surface area (Å²) in [7, 11) is 1.59. The van der Waals surface area contributed by atoms with E-state index in [0.29, 0.717) is 29.5 Å². The highest BCUT2D eigenvalue weighted by Gasteiger charge is 2.21. The van der Waals surface area contributed by atoms with Gasteiger partial charge in [0.15, 0.2) is 0 Å². The highest BCUT2D eigenvalue weighted by Crippen LogP contribution is 2.25. The zero-order chi connectivity index (χ0) is 25.1. The number of rotatable bonds is 8. The van der Waals surface area contributed by atoms with Gasteiger partial charge in [0.05, 0.1) is 7.11 Å². The molecule has 0 radical (unpaired) electrons. The average Bonchev–Trinajstić information content (AvgIpc) is 3.30. The molecule has 1 amide bonds. The molecule has 0 spiro atoms. The van der Waals surface area contributed by atoms with Gasteiger partial charge in [0.25, 0.3) is 5.56 Å². The number of benzene rings is 3. The maximum atomic E-state index is 13.5. The van der Waals surface area contributed by atoms with Gasteiger partial charge in [-0.2, -0.15) is 0 Å². The fourth-order valence-corrected chi connectivity index (χ4v) is 4.27. The van der Waals surface area contributed by atoms with E-state index < -0.39 is 11.2 Å². The molecule has 8 nitrogen and oxygen atoms in total. The van der Waals surface area contributed by atoms with Gasteiger partial charge < -0.3 is 14.5 Å². The van der Waals surface area contributed by atoms with Crippen LogP contribution in [0, 0.1) is 0 Å². The third-order valence-corrected chi connectivity index (χ3v) is 6.16. The van der Waals surface area contributed by atoms with Crippen LogP contribution in [0.3, 0.4) is 0 Å². The van der Waals surface area contributed by atoms with Gasteiger partial charge in [0.2, 0.25) is 11.5 Å². The van der Waals surface area contributed by atoms with Crippen molar-refractivity contribution in [2.24, 2.45) is 0 Å². The number of ether oxygens (including phenoxy) is 1. The molecule has 0 fully saturated rings. The normalized spacial score (nSPS) is 11.1. The summed E-state index contributed by atoms with van der Waals surface area (Å²) >= 11 is 0. The number of fused-ring (bicyclic) bond motifs is 3. The minimum atomic E-state index is -0.547. The van der Waals surface area contributed by atoms with E-state index in [9.17, 15) is 14.4 Å². The average molecular weight is 484 g/mol. The lowest BCUT2D eigenvalue weighted by Gasteiger charge is -2.12. The quantitative estimate of drug-likeness (QED) is 0.365. The fourth-order valence-electron chi connectivity index (χ4n) is 4.27. The number of aromatic nitrogens is 2. The monoisotopic (exact) mass is 483 g/mol. The van der Waals surface area contributed by atoms with Gasteiger partial charge in [-0.25, -0.2) is 4.79 Å². The molecular weight excluding hydrogens is 458 g/mol. The molecule has 5 rings (SSSR count). The second-order valence-corrected chi connectivity index (χ2v) is 8.46. The molecule has 0 aliphatic rings. The number of carbonyl (C=O) groups excluding carboxylic acids is 1. The predicted molar refractivity (Wildman–Crippen MR) is 137 cm³/mol. The number of para-hydroxylation sites is 1. The number of hydrogen-bond acceptors (Lipinski definition) is 5. The summed E-state index contributed by atoms with van der Waals surface area (Å²) in [5.74, 6) is 0.372. The van der Waals surface area contributed by atoms with Gasteiger partial charge in [0.1, 0.15) is 23.4 Å². The minimum Gasteiger partial charge on any atom is -0.497 e. The van der Waals surface area contributed by atoms with Crippen LogP contribution in [0.15, 0.2) is 92.9 Å². The summed E-state index contributed by atoms with van der Waals surface area (Å²) < 4.78 is 13.5. The molecule has 0 aliphatic carbocycles. The number of hydrogen-bond donors (Lipinski definition) is 1. The maximum Gasteiger partial charge on any atom is 0.332 e. The van der Waals surface area contributed by atoms with Crippen LogP contribution in [0.4, 0.5) is 0 Å². The van der Waals surface area contributed by atoms with E-state index in [-0.39, 0.29) is 24.6 Å². The summed E-state index contributed by atoms with van der Waals surface area (Å²) in [6.45, 7) is 0.212. The third kappa shape index (κ3) is 4.53. The van der Waals surface area contributed by atoms with E-state index in [2.05, 4.69) is 5.32 Å². The molecule has 3 aromatic carbocycles. The summed E-state index contributed by atoms with van der Waals surface area (Å²) in [6.07, 6.45) is 0.491. The fraction of sp³-hybridized carbons (Fsp3) is 0.179. The van der Waals surface area contributed by atoms with Crippen LogP contribution in [-0.2, 0) is 30.8 Å². The summed E-state index contributed by atoms with van der Waals surface area (Å²) in [6, 6.07) is 24.1. The van der Waals surface area contributed by atoms with Crippen molar-refractivity contribution in [2.75, 3.05) is 7.11 Å². The van der Waals surface area contributed by atoms with Gasteiger partial charge in [0, 0.05) is 18.5 Å². The molecule has 36 heavy (non-hydrogen) atoms. The first kappa shape index (κ1) is 23.2. The Morgan fingerprint density at radius 1 is 0.889 bits per heavy atom. The minimum absolute atomic E-state index is 0.0619. The van der Waals surface area contributed by atoms with Crippen molar-refractivity contribution in [2.45, 2.75) is 26.1 Å². The molecule has 2 aromatic heterocycles. The van der Waals surface area contributed by atoms with Gasteiger partial charge in [-0.15, -0.1) is 0 Å². The summed E-state index contributed by atoms with van der Waals surface area (Å²) in [5, 5.41) is 3.46. The standard InChI is InChI=1S/C28H25N3O5/c1-35-21-13-11-20(12-14-21)17-29-24(32)18-31-25-22-9-5-6-10-23(22)36-26(25)27(33)30(28(31)34)16-15-19-7-3-2-4-8-19/h2-14H,15-18H2,1H3,(H,29,32). The highest BCUT2D eigenvalue weighted by molar-refractivity contribution is 6.02. The number of methoxy groups -OCH3 is 1. The molecule has 0 aliphatic heterocycles. The second-order valence-electron chi connectivity index (χ2n) is 8.46. The van der Waals surface area contributed by atoms with Crippen molar-refractivity contribution < 1.29 is 13.9 Å².